The van der Waals surface area contributed by atoms with Gasteiger partial charge in [-0.3, -0.25) is 4.79 Å². The summed E-state index contributed by atoms with van der Waals surface area (Å²) in [6, 6.07) is 27.4. The maximum absolute atomic E-state index is 13.7. The third-order valence-corrected chi connectivity index (χ3v) is 8.42. The van der Waals surface area contributed by atoms with Crippen LogP contribution in [-0.2, 0) is 15.5 Å². The Hall–Kier alpha value is -5.31. The molecule has 6 rings (SSSR count). The minimum Gasteiger partial charge on any atom is -0.503 e. The van der Waals surface area contributed by atoms with E-state index >= 15 is 0 Å². The van der Waals surface area contributed by atoms with Crippen LogP contribution in [0.1, 0.15) is 68.9 Å². The predicted octanol–water partition coefficient (Wildman–Crippen LogP) is 10.4. The smallest absolute Gasteiger partial charge is 0.503 e. The van der Waals surface area contributed by atoms with Gasteiger partial charge >= 0.3 is 7.47 Å². The van der Waals surface area contributed by atoms with Crippen LogP contribution in [0.15, 0.2) is 103 Å². The van der Waals surface area contributed by atoms with Gasteiger partial charge in [0.05, 0.1) is 11.4 Å². The number of aromatic amines is 4. The minimum absolute atomic E-state index is 0.112. The molecule has 0 atom stereocenters. The van der Waals surface area contributed by atoms with Crippen LogP contribution in [0.5, 0.6) is 0 Å². The molecule has 4 N–H and O–H groups in total. The molecule has 4 aromatic heterocycles. The minimum atomic E-state index is -3.12. The Labute approximate surface area is 279 Å². The highest BCUT2D eigenvalue weighted by Gasteiger charge is 2.24. The maximum atomic E-state index is 13.7. The van der Waals surface area contributed by atoms with Crippen molar-refractivity contribution >= 4 is 19.0 Å². The Morgan fingerprint density at radius 3 is 1.48 bits per heavy atom. The van der Waals surface area contributed by atoms with Crippen LogP contribution < -0.4 is 0 Å². The van der Waals surface area contributed by atoms with Crippen LogP contribution in [-0.4, -0.2) is 33.2 Å². The zero-order valence-corrected chi connectivity index (χ0v) is 28.0. The standard InChI is InChI=1S/C39H39BF2N4O2/c1-38(2,3)28-19-24(30-9-7-15-43-30)17-26(21-28)32-11-13-34(45-32)36(47)23-37(48-40(41)42)35-14-12-33(46-35)27-18-25(31-10-8-16-44-31)20-29(22-27)39(4,5)6/h7-23,43-46H,1-6H3/b37-23-. The Morgan fingerprint density at radius 2 is 1.06 bits per heavy atom. The molecule has 0 spiro atoms. The van der Waals surface area contributed by atoms with Crippen molar-refractivity contribution in [1.29, 1.82) is 0 Å². The molecule has 0 bridgehead atoms. The molecule has 2 aromatic carbocycles. The summed E-state index contributed by atoms with van der Waals surface area (Å²) in [5.41, 5.74) is 9.74. The summed E-state index contributed by atoms with van der Waals surface area (Å²) in [5.74, 6) is -0.744. The fourth-order valence-electron chi connectivity index (χ4n) is 5.65. The number of carbonyl (C=O) groups is 1. The molecule has 244 valence electrons. The zero-order chi connectivity index (χ0) is 34.2. The van der Waals surface area contributed by atoms with E-state index in [1.54, 1.807) is 18.2 Å². The van der Waals surface area contributed by atoms with Gasteiger partial charge in [0.25, 0.3) is 0 Å². The SMILES string of the molecule is CC(C)(C)c1cc(-c2ccc[nH]2)cc(-c2ccc(C(=O)/C=C(\OB(F)F)c3ccc(-c4cc(-c5ccc[nH]5)cc(C(C)(C)C)c4)[nH]3)[nH]2)c1. The van der Waals surface area contributed by atoms with E-state index in [0.717, 1.165) is 56.5 Å². The molecule has 0 aliphatic rings. The van der Waals surface area contributed by atoms with Crippen molar-refractivity contribution < 1.29 is 18.1 Å². The van der Waals surface area contributed by atoms with Gasteiger partial charge in [-0.25, -0.2) is 8.63 Å². The van der Waals surface area contributed by atoms with Crippen LogP contribution in [0.25, 0.3) is 50.8 Å². The first-order valence-electron chi connectivity index (χ1n) is 15.9. The number of rotatable bonds is 9. The lowest BCUT2D eigenvalue weighted by Gasteiger charge is -2.21. The molecular weight excluding hydrogens is 605 g/mol. The van der Waals surface area contributed by atoms with Crippen LogP contribution >= 0.6 is 0 Å². The summed E-state index contributed by atoms with van der Waals surface area (Å²) in [6.07, 6.45) is 4.85. The average molecular weight is 645 g/mol. The van der Waals surface area contributed by atoms with Gasteiger partial charge in [0.2, 0.25) is 5.78 Å². The van der Waals surface area contributed by atoms with E-state index in [0.29, 0.717) is 5.69 Å². The van der Waals surface area contributed by atoms with E-state index in [-0.39, 0.29) is 28.0 Å². The number of nitrogens with one attached hydrogen (secondary N) is 4. The molecule has 48 heavy (non-hydrogen) atoms. The second kappa shape index (κ2) is 12.7. The van der Waals surface area contributed by atoms with Gasteiger partial charge in [-0.15, -0.1) is 0 Å². The molecule has 9 heteroatoms. The fraction of sp³-hybridized carbons (Fsp3) is 0.205. The van der Waals surface area contributed by atoms with Gasteiger partial charge in [0.15, 0.2) is 0 Å². The topological polar surface area (TPSA) is 89.5 Å². The number of allylic oxidation sites excluding steroid dienone is 1. The Balaban J connectivity index is 1.33. The highest BCUT2D eigenvalue weighted by atomic mass is 19.2. The normalized spacial score (nSPS) is 12.4. The number of hydrogen-bond acceptors (Lipinski definition) is 2. The summed E-state index contributed by atoms with van der Waals surface area (Å²) < 4.78 is 32.2. The van der Waals surface area contributed by atoms with Crippen LogP contribution in [0, 0.1) is 0 Å². The van der Waals surface area contributed by atoms with Crippen molar-refractivity contribution in [3.05, 3.63) is 126 Å². The van der Waals surface area contributed by atoms with E-state index in [9.17, 15) is 13.4 Å². The first-order valence-corrected chi connectivity index (χ1v) is 15.9. The molecular formula is C39H39BF2N4O2. The van der Waals surface area contributed by atoms with Crippen molar-refractivity contribution in [1.82, 2.24) is 19.9 Å². The Morgan fingerprint density at radius 1 is 0.625 bits per heavy atom. The molecule has 0 saturated carbocycles. The molecule has 0 fully saturated rings. The van der Waals surface area contributed by atoms with Crippen LogP contribution in [0.4, 0.5) is 8.63 Å². The van der Waals surface area contributed by atoms with Crippen LogP contribution in [0.3, 0.4) is 0 Å². The molecule has 0 amide bonds. The number of ketones is 1. The van der Waals surface area contributed by atoms with Crippen molar-refractivity contribution in [3.8, 4) is 45.0 Å². The number of hydrogen-bond donors (Lipinski definition) is 4. The molecule has 0 saturated heterocycles. The third kappa shape index (κ3) is 7.15. The second-order valence-corrected chi connectivity index (χ2v) is 14.1. The quantitative estimate of drug-likeness (QED) is 0.0546. The fourth-order valence-corrected chi connectivity index (χ4v) is 5.65. The lowest BCUT2D eigenvalue weighted by Crippen LogP contribution is -2.11. The number of benzene rings is 2. The Kier molecular flexibility index (Phi) is 8.64. The molecule has 4 heterocycles. The number of H-pyrrole nitrogens is 4. The number of aromatic nitrogens is 4. The van der Waals surface area contributed by atoms with Crippen molar-refractivity contribution in [2.75, 3.05) is 0 Å². The summed E-state index contributed by atoms with van der Waals surface area (Å²) in [6.45, 7) is 12.9. The molecule has 0 aliphatic carbocycles. The van der Waals surface area contributed by atoms with E-state index in [1.807, 2.05) is 48.8 Å². The third-order valence-electron chi connectivity index (χ3n) is 8.42. The molecule has 6 nitrogen and oxygen atoms in total. The monoisotopic (exact) mass is 644 g/mol. The summed E-state index contributed by atoms with van der Waals surface area (Å²) in [5, 5.41) is 0. The highest BCUT2D eigenvalue weighted by molar-refractivity contribution is 6.36. The van der Waals surface area contributed by atoms with Gasteiger partial charge in [0, 0.05) is 41.2 Å². The summed E-state index contributed by atoms with van der Waals surface area (Å²) in [7, 11) is -3.12. The predicted molar refractivity (Wildman–Crippen MR) is 191 cm³/mol. The zero-order valence-electron chi connectivity index (χ0n) is 28.0. The van der Waals surface area contributed by atoms with Crippen molar-refractivity contribution in [2.45, 2.75) is 52.4 Å². The van der Waals surface area contributed by atoms with Gasteiger partial charge in [0.1, 0.15) is 5.76 Å². The highest BCUT2D eigenvalue weighted by Crippen LogP contribution is 2.35. The van der Waals surface area contributed by atoms with Gasteiger partial charge in [-0.2, -0.15) is 0 Å². The van der Waals surface area contributed by atoms with Crippen molar-refractivity contribution in [2.24, 2.45) is 0 Å². The largest absolute Gasteiger partial charge is 0.796 e. The number of carbonyl (C=O) groups excluding carboxylic acids is 1. The van der Waals surface area contributed by atoms with Gasteiger partial charge in [-0.1, -0.05) is 41.5 Å². The first kappa shape index (κ1) is 32.6. The van der Waals surface area contributed by atoms with E-state index < -0.39 is 13.3 Å². The summed E-state index contributed by atoms with van der Waals surface area (Å²) >= 11 is 0. The first-order chi connectivity index (χ1) is 22.7. The average Bonchev–Trinajstić information content (AvgIpc) is 3.86. The van der Waals surface area contributed by atoms with E-state index in [4.69, 9.17) is 4.65 Å². The van der Waals surface area contributed by atoms with E-state index in [1.165, 1.54) is 0 Å². The van der Waals surface area contributed by atoms with Crippen LogP contribution in [0.2, 0.25) is 0 Å². The number of halogens is 2. The molecule has 0 radical (unpaired) electrons. The lowest BCUT2D eigenvalue weighted by molar-refractivity contribution is 0.104. The molecule has 6 aromatic rings. The van der Waals surface area contributed by atoms with Gasteiger partial charge in [-0.05, 0) is 129 Å². The maximum Gasteiger partial charge on any atom is 0.796 e. The van der Waals surface area contributed by atoms with Crippen molar-refractivity contribution in [3.63, 3.8) is 0 Å². The Bertz CT molecular complexity index is 2070. The molecule has 0 aliphatic heterocycles. The molecule has 0 unspecified atom stereocenters. The van der Waals surface area contributed by atoms with E-state index in [2.05, 4.69) is 91.8 Å². The lowest BCUT2D eigenvalue weighted by atomic mass is 9.84. The van der Waals surface area contributed by atoms with Gasteiger partial charge < -0.3 is 24.6 Å². The summed E-state index contributed by atoms with van der Waals surface area (Å²) in [4.78, 5) is 26.4. The second-order valence-electron chi connectivity index (χ2n) is 14.1.